The van der Waals surface area contributed by atoms with Crippen LogP contribution >= 0.6 is 23.4 Å². The number of azo groups is 3. The largest absolute Gasteiger partial charge is 0.505 e. The van der Waals surface area contributed by atoms with E-state index in [0.29, 0.717) is 44.2 Å². The third-order valence-electron chi connectivity index (χ3n) is 10.3. The van der Waals surface area contributed by atoms with Gasteiger partial charge in [-0.05, 0) is 91.2 Å². The zero-order chi connectivity index (χ0) is 48.6. The zero-order valence-electron chi connectivity index (χ0n) is 34.8. The number of hydrogen-bond donors (Lipinski definition) is 6. The van der Waals surface area contributed by atoms with E-state index in [-0.39, 0.29) is 72.1 Å². The van der Waals surface area contributed by atoms with Gasteiger partial charge >= 0.3 is 5.97 Å². The monoisotopic (exact) mass is 981 g/mol. The minimum absolute atomic E-state index is 0.000358. The number of carboxylic acids is 1. The Bertz CT molecular complexity index is 3850. The summed E-state index contributed by atoms with van der Waals surface area (Å²) in [4.78, 5) is 32.8. The molecule has 1 amide bonds. The number of thiazole rings is 1. The first kappa shape index (κ1) is 45.5. The van der Waals surface area contributed by atoms with Crippen LogP contribution in [0.25, 0.3) is 37.7 Å². The lowest BCUT2D eigenvalue weighted by molar-refractivity contribution is -0.432. The Morgan fingerprint density at radius 3 is 2.33 bits per heavy atom. The second-order valence-electron chi connectivity index (χ2n) is 14.5. The molecule has 0 spiro atoms. The zero-order valence-corrected chi connectivity index (χ0v) is 37.2. The molecule has 6 aromatic carbocycles. The summed E-state index contributed by atoms with van der Waals surface area (Å²) in [6.45, 7) is 1.60. The van der Waals surface area contributed by atoms with Gasteiger partial charge in [0.2, 0.25) is 11.0 Å². The van der Waals surface area contributed by atoms with Crippen LogP contribution in [0.3, 0.4) is 0 Å². The van der Waals surface area contributed by atoms with Crippen LogP contribution < -0.4 is 5.32 Å². The average Bonchev–Trinajstić information content (AvgIpc) is 3.94. The Morgan fingerprint density at radius 1 is 0.826 bits per heavy atom. The Balaban J connectivity index is 1.11. The quantitative estimate of drug-likeness (QED) is 0.0206. The molecule has 0 atom stereocenters. The van der Waals surface area contributed by atoms with E-state index < -0.39 is 38.3 Å². The Morgan fingerprint density at radius 2 is 1.58 bits per heavy atom. The highest BCUT2D eigenvalue weighted by Gasteiger charge is 2.24. The van der Waals surface area contributed by atoms with Gasteiger partial charge in [0.15, 0.2) is 17.1 Å². The summed E-state index contributed by atoms with van der Waals surface area (Å²) in [6.07, 6.45) is 0. The molecule has 69 heavy (non-hydrogen) atoms. The highest BCUT2D eigenvalue weighted by Crippen LogP contribution is 2.46. The van der Waals surface area contributed by atoms with Crippen LogP contribution in [-0.4, -0.2) is 59.8 Å². The highest BCUT2D eigenvalue weighted by atomic mass is 32.2. The number of hydrogen-bond acceptors (Lipinski definition) is 20. The number of carbonyl (C=O) groups is 2. The number of aromatic hydroxyl groups is 2. The molecule has 9 rings (SSSR count). The number of benzene rings is 6. The first-order valence-electron chi connectivity index (χ1n) is 19.6. The predicted octanol–water partition coefficient (Wildman–Crippen LogP) is 11.7. The van der Waals surface area contributed by atoms with E-state index in [9.17, 15) is 43.1 Å². The number of carboxylic acid groups (broad SMARTS) is 1. The maximum absolute atomic E-state index is 13.4. The molecule has 3 heterocycles. The molecule has 25 heteroatoms. The number of rotatable bonds is 13. The van der Waals surface area contributed by atoms with Crippen molar-refractivity contribution in [3.8, 4) is 17.7 Å². The molecule has 6 N–H and O–H groups in total. The number of amides is 1. The topological polar surface area (TPSA) is 328 Å². The highest BCUT2D eigenvalue weighted by molar-refractivity contribution is 7.94. The number of aromatic carboxylic acids is 1. The molecule has 3 aromatic heterocycles. The number of para-hydroxylation sites is 2. The summed E-state index contributed by atoms with van der Waals surface area (Å²) in [5.74, 6) is -2.65. The van der Waals surface area contributed by atoms with Crippen LogP contribution in [0.4, 0.5) is 39.3 Å². The van der Waals surface area contributed by atoms with Crippen LogP contribution in [0.5, 0.6) is 11.6 Å². The maximum atomic E-state index is 13.4. The number of phenols is 1. The van der Waals surface area contributed by atoms with Crippen molar-refractivity contribution in [3.63, 3.8) is 0 Å². The molecule has 0 saturated heterocycles. The van der Waals surface area contributed by atoms with Crippen molar-refractivity contribution in [2.24, 2.45) is 30.7 Å². The summed E-state index contributed by atoms with van der Waals surface area (Å²) in [6, 6.07) is 29.1. The Labute approximate surface area is 394 Å². The van der Waals surface area contributed by atoms with Crippen LogP contribution in [0.1, 0.15) is 31.8 Å². The number of pyridine rings is 1. The summed E-state index contributed by atoms with van der Waals surface area (Å²) < 4.78 is 42.8. The van der Waals surface area contributed by atoms with Crippen molar-refractivity contribution in [1.29, 1.82) is 5.26 Å². The lowest BCUT2D eigenvalue weighted by Crippen LogP contribution is -2.12. The molecule has 0 bridgehead atoms. The molecule has 0 saturated carbocycles. The molecule has 0 aliphatic carbocycles. The molecular formula is C44H27N11O11S3. The summed E-state index contributed by atoms with van der Waals surface area (Å²) in [5.41, 5.74) is 1.32. The van der Waals surface area contributed by atoms with Gasteiger partial charge in [0.05, 0.1) is 55.1 Å². The number of carbonyl (C=O) groups excluding carboxylic acids is 1. The fourth-order valence-electron chi connectivity index (χ4n) is 7.04. The van der Waals surface area contributed by atoms with Gasteiger partial charge < -0.3 is 20.6 Å². The van der Waals surface area contributed by atoms with Gasteiger partial charge in [0, 0.05) is 16.5 Å². The number of aromatic nitrogens is 3. The van der Waals surface area contributed by atoms with Gasteiger partial charge in [-0.3, -0.25) is 13.7 Å². The van der Waals surface area contributed by atoms with Crippen molar-refractivity contribution >= 4 is 122 Å². The van der Waals surface area contributed by atoms with E-state index in [4.69, 9.17) is 5.26 Å². The maximum Gasteiger partial charge on any atom is 0.335 e. The first-order valence-corrected chi connectivity index (χ1v) is 22.6. The van der Waals surface area contributed by atoms with Gasteiger partial charge in [-0.2, -0.15) is 18.8 Å². The molecule has 342 valence electrons. The normalized spacial score (nSPS) is 12.1. The molecule has 22 nitrogen and oxygen atoms in total. The summed E-state index contributed by atoms with van der Waals surface area (Å²) >= 11 is 1.35. The molecule has 9 aromatic rings. The third kappa shape index (κ3) is 9.00. The van der Waals surface area contributed by atoms with Gasteiger partial charge in [0.25, 0.3) is 16.0 Å². The van der Waals surface area contributed by atoms with Gasteiger partial charge in [-0.1, -0.05) is 46.7 Å². The molecular weight excluding hydrogens is 955 g/mol. The van der Waals surface area contributed by atoms with E-state index in [0.717, 1.165) is 23.5 Å². The van der Waals surface area contributed by atoms with Crippen LogP contribution in [-0.2, 0) is 19.5 Å². The number of nitrogens with one attached hydrogen (secondary N) is 1. The number of imidazole rings is 1. The summed E-state index contributed by atoms with van der Waals surface area (Å²) in [5, 5.41) is 83.4. The number of nitrogens with zero attached hydrogens (tertiary/aromatic N) is 10. The molecule has 0 aliphatic heterocycles. The molecule has 0 unspecified atom stereocenters. The van der Waals surface area contributed by atoms with Gasteiger partial charge in [-0.25, -0.2) is 20.0 Å². The van der Waals surface area contributed by atoms with Crippen LogP contribution in [0.15, 0.2) is 150 Å². The minimum atomic E-state index is -5.14. The van der Waals surface area contributed by atoms with E-state index in [2.05, 4.69) is 61.4 Å². The lowest BCUT2D eigenvalue weighted by Gasteiger charge is -2.12. The first-order chi connectivity index (χ1) is 33.2. The average molecular weight is 982 g/mol. The van der Waals surface area contributed by atoms with Crippen LogP contribution in [0.2, 0.25) is 0 Å². The van der Waals surface area contributed by atoms with E-state index in [1.807, 2.05) is 0 Å². The van der Waals surface area contributed by atoms with Crippen LogP contribution in [0, 0.1) is 18.3 Å². The van der Waals surface area contributed by atoms with Gasteiger partial charge in [-0.15, -0.1) is 29.9 Å². The standard InChI is InChI=1S/C44H27N11O11S3/c1-21-27(20-45)40-46-28-9-5-6-10-33(28)55(40)42(58)37(21)52-49-25-12-13-26-24(15-25)17-35(68-66-65-61)38(39(26)56)53-51-32-18-30(47-41(57)22-7-3-2-4-8-22)31(19-36(32)69(62,63)64)50-54-44-48-29-14-11-23(43(59)60)16-34(29)67-44/h2-19,56,58,61H,1H3,(H,47,57)(H,59,60)(H,62,63,64). The second kappa shape index (κ2) is 18.6. The number of nitriles is 1. The number of fused-ring (bicyclic) bond motifs is 5. The van der Waals surface area contributed by atoms with E-state index in [1.54, 1.807) is 49.4 Å². The SMILES string of the molecule is Cc1c(N=Nc2ccc3c(O)c(N=Nc4cc(NC(=O)c5ccccc5)c(N=Nc5nc6ccc(C(=O)O)cc6s5)cc4S(=O)(=O)O)c(SOOO)cc3c2)c(O)n2c(nc3ccccc32)c1C#N. The smallest absolute Gasteiger partial charge is 0.335 e. The van der Waals surface area contributed by atoms with Crippen molar-refractivity contribution in [1.82, 2.24) is 14.4 Å². The fourth-order valence-corrected chi connectivity index (χ4v) is 8.99. The van der Waals surface area contributed by atoms with E-state index >= 15 is 0 Å². The third-order valence-corrected chi connectivity index (χ3v) is 12.7. The Kier molecular flexibility index (Phi) is 12.3. The fraction of sp³-hybridized carbons (Fsp3) is 0.0227. The second-order valence-corrected chi connectivity index (χ2v) is 17.6. The predicted molar refractivity (Wildman–Crippen MR) is 250 cm³/mol. The number of phenolic OH excluding ortho intramolecular Hbond substituents is 1. The van der Waals surface area contributed by atoms with Crippen molar-refractivity contribution < 1.29 is 52.5 Å². The molecule has 0 radical (unpaired) electrons. The molecule has 0 fully saturated rings. The number of anilines is 1. The van der Waals surface area contributed by atoms with Gasteiger partial charge in [0.1, 0.15) is 33.6 Å². The van der Waals surface area contributed by atoms with E-state index in [1.165, 1.54) is 59.0 Å². The van der Waals surface area contributed by atoms with Crippen molar-refractivity contribution in [2.45, 2.75) is 16.7 Å². The van der Waals surface area contributed by atoms with Crippen molar-refractivity contribution in [3.05, 3.63) is 131 Å². The minimum Gasteiger partial charge on any atom is -0.505 e. The van der Waals surface area contributed by atoms with Crippen molar-refractivity contribution in [2.75, 3.05) is 5.32 Å². The summed E-state index contributed by atoms with van der Waals surface area (Å²) in [7, 11) is -5.14. The lowest BCUT2D eigenvalue weighted by atomic mass is 10.1. The Hall–Kier alpha value is -8.61. The molecule has 0 aliphatic rings.